The molecule has 5 heteroatoms. The SMILES string of the molecule is CCn1c2ccccc2c2cc(C3(c4ccc5c(c4)c4ccccc4n5CC)C=C(N(C)C)C=C4C(=O)OCC43)ccc21. The molecule has 2 aliphatic rings. The molecule has 1 atom stereocenters. The second-order valence-electron chi connectivity index (χ2n) is 12.1. The van der Waals surface area contributed by atoms with Crippen molar-refractivity contribution >= 4 is 49.6 Å². The molecule has 2 aromatic heterocycles. The van der Waals surface area contributed by atoms with Gasteiger partial charge >= 0.3 is 5.97 Å². The second kappa shape index (κ2) is 9.37. The van der Waals surface area contributed by atoms with E-state index in [2.05, 4.69) is 119 Å². The average Bonchev–Trinajstić information content (AvgIpc) is 3.69. The molecule has 4 aromatic carbocycles. The lowest BCUT2D eigenvalue weighted by molar-refractivity contribution is -0.135. The maximum Gasteiger partial charge on any atom is 0.334 e. The summed E-state index contributed by atoms with van der Waals surface area (Å²) in [5, 5.41) is 4.97. The Balaban J connectivity index is 1.48. The molecule has 0 amide bonds. The molecule has 1 unspecified atom stereocenters. The maximum absolute atomic E-state index is 13.2. The van der Waals surface area contributed by atoms with Crippen LogP contribution >= 0.6 is 0 Å². The third kappa shape index (κ3) is 3.48. The smallest absolute Gasteiger partial charge is 0.334 e. The van der Waals surface area contributed by atoms with Gasteiger partial charge in [0.25, 0.3) is 0 Å². The van der Waals surface area contributed by atoms with Gasteiger partial charge in [-0.2, -0.15) is 0 Å². The molecular formula is C38H35N3O2. The fourth-order valence-corrected chi connectivity index (χ4v) is 7.84. The average molecular weight is 566 g/mol. The van der Waals surface area contributed by atoms with Crippen LogP contribution in [0.2, 0.25) is 0 Å². The van der Waals surface area contributed by atoms with Crippen molar-refractivity contribution in [1.29, 1.82) is 0 Å². The summed E-state index contributed by atoms with van der Waals surface area (Å²) in [5.74, 6) is -0.355. The Kier molecular flexibility index (Phi) is 5.64. The molecule has 1 aliphatic heterocycles. The van der Waals surface area contributed by atoms with Gasteiger partial charge in [-0.25, -0.2) is 4.79 Å². The van der Waals surface area contributed by atoms with E-state index in [0.29, 0.717) is 6.61 Å². The van der Waals surface area contributed by atoms with E-state index in [1.807, 2.05) is 20.2 Å². The van der Waals surface area contributed by atoms with Crippen molar-refractivity contribution in [2.24, 2.45) is 5.92 Å². The summed E-state index contributed by atoms with van der Waals surface area (Å²) in [6.07, 6.45) is 4.41. The Labute approximate surface area is 251 Å². The molecule has 3 heterocycles. The topological polar surface area (TPSA) is 39.4 Å². The summed E-state index contributed by atoms with van der Waals surface area (Å²) in [7, 11) is 4.09. The fourth-order valence-electron chi connectivity index (χ4n) is 7.84. The minimum atomic E-state index is -0.608. The van der Waals surface area contributed by atoms with E-state index < -0.39 is 5.41 Å². The van der Waals surface area contributed by atoms with Gasteiger partial charge in [-0.15, -0.1) is 0 Å². The van der Waals surface area contributed by atoms with E-state index in [1.165, 1.54) is 54.7 Å². The van der Waals surface area contributed by atoms with E-state index in [9.17, 15) is 4.79 Å². The number of hydrogen-bond acceptors (Lipinski definition) is 3. The van der Waals surface area contributed by atoms with Gasteiger partial charge in [-0.1, -0.05) is 48.5 Å². The molecule has 8 rings (SSSR count). The summed E-state index contributed by atoms with van der Waals surface area (Å²) in [6, 6.07) is 31.2. The third-order valence-corrected chi connectivity index (χ3v) is 9.87. The highest BCUT2D eigenvalue weighted by molar-refractivity contribution is 6.10. The van der Waals surface area contributed by atoms with Gasteiger partial charge in [0.15, 0.2) is 0 Å². The van der Waals surface area contributed by atoms with E-state index in [1.54, 1.807) is 0 Å². The van der Waals surface area contributed by atoms with Crippen LogP contribution in [0.3, 0.4) is 0 Å². The van der Waals surface area contributed by atoms with Crippen molar-refractivity contribution in [3.63, 3.8) is 0 Å². The van der Waals surface area contributed by atoms with Crippen LogP contribution in [0, 0.1) is 5.92 Å². The van der Waals surface area contributed by atoms with Crippen LogP contribution in [0.15, 0.2) is 108 Å². The molecule has 1 fully saturated rings. The largest absolute Gasteiger partial charge is 0.462 e. The lowest BCUT2D eigenvalue weighted by atomic mass is 9.61. The quantitative estimate of drug-likeness (QED) is 0.200. The summed E-state index contributed by atoms with van der Waals surface area (Å²) < 4.78 is 10.6. The number of benzene rings is 4. The molecule has 0 spiro atoms. The molecule has 0 bridgehead atoms. The minimum absolute atomic E-state index is 0.141. The number of carbonyl (C=O) groups is 1. The first-order valence-electron chi connectivity index (χ1n) is 15.3. The van der Waals surface area contributed by atoms with Crippen molar-refractivity contribution in [3.8, 4) is 0 Å². The zero-order valence-electron chi connectivity index (χ0n) is 25.1. The summed E-state index contributed by atoms with van der Waals surface area (Å²) in [6.45, 7) is 6.56. The standard InChI is InChI=1S/C38H35N3O2/c1-5-40-33-13-9-7-11-27(33)29-19-24(15-17-35(29)40)38(22-26(39(3)4)21-31-32(38)23-43-37(31)42)25-16-18-36-30(20-25)28-12-8-10-14-34(28)41(36)6-2/h7-22,32H,5-6,23H2,1-4H3. The van der Waals surface area contributed by atoms with Gasteiger partial charge in [0.2, 0.25) is 0 Å². The summed E-state index contributed by atoms with van der Waals surface area (Å²) in [4.78, 5) is 15.3. The molecule has 1 saturated heterocycles. The van der Waals surface area contributed by atoms with Crippen LogP contribution in [0.4, 0.5) is 0 Å². The van der Waals surface area contributed by atoms with Crippen molar-refractivity contribution in [2.45, 2.75) is 32.4 Å². The number of cyclic esters (lactones) is 1. The number of nitrogens with zero attached hydrogens (tertiary/aromatic N) is 3. The van der Waals surface area contributed by atoms with E-state index >= 15 is 0 Å². The number of likely N-dealkylation sites (N-methyl/N-ethyl adjacent to an activating group) is 1. The molecule has 0 radical (unpaired) electrons. The van der Waals surface area contributed by atoms with Gasteiger partial charge < -0.3 is 18.8 Å². The molecule has 214 valence electrons. The number of carbonyl (C=O) groups excluding carboxylic acids is 1. The van der Waals surface area contributed by atoms with Crippen molar-refractivity contribution < 1.29 is 9.53 Å². The lowest BCUT2D eigenvalue weighted by Crippen LogP contribution is -2.39. The molecule has 43 heavy (non-hydrogen) atoms. The van der Waals surface area contributed by atoms with Gasteiger partial charge in [0.1, 0.15) is 6.61 Å². The fraction of sp³-hybridized carbons (Fsp3) is 0.237. The first-order chi connectivity index (χ1) is 21.0. The Hall–Kier alpha value is -4.77. The number of hydrogen-bond donors (Lipinski definition) is 0. The maximum atomic E-state index is 13.2. The number of para-hydroxylation sites is 2. The number of rotatable bonds is 5. The van der Waals surface area contributed by atoms with Gasteiger partial charge in [0.05, 0.1) is 5.41 Å². The first kappa shape index (κ1) is 25.9. The highest BCUT2D eigenvalue weighted by Gasteiger charge is 2.51. The molecular weight excluding hydrogens is 530 g/mol. The first-order valence-corrected chi connectivity index (χ1v) is 15.3. The normalized spacial score (nSPS) is 17.9. The van der Waals surface area contributed by atoms with Crippen molar-refractivity contribution in [3.05, 3.63) is 119 Å². The van der Waals surface area contributed by atoms with Crippen molar-refractivity contribution in [2.75, 3.05) is 20.7 Å². The van der Waals surface area contributed by atoms with Crippen LogP contribution < -0.4 is 0 Å². The second-order valence-corrected chi connectivity index (χ2v) is 12.1. The Bertz CT molecular complexity index is 2050. The van der Waals surface area contributed by atoms with Crippen LogP contribution in [-0.4, -0.2) is 40.7 Å². The van der Waals surface area contributed by atoms with Gasteiger partial charge in [0, 0.05) is 88.0 Å². The lowest BCUT2D eigenvalue weighted by Gasteiger charge is -2.41. The molecule has 1 aliphatic carbocycles. The predicted molar refractivity (Wildman–Crippen MR) is 175 cm³/mol. The zero-order valence-corrected chi connectivity index (χ0v) is 25.1. The predicted octanol–water partition coefficient (Wildman–Crippen LogP) is 7.79. The van der Waals surface area contributed by atoms with Gasteiger partial charge in [-0.05, 0) is 73.5 Å². The Morgan fingerprint density at radius 2 is 1.26 bits per heavy atom. The van der Waals surface area contributed by atoms with E-state index in [-0.39, 0.29) is 11.9 Å². The number of allylic oxidation sites excluding steroid dienone is 2. The number of fused-ring (bicyclic) bond motifs is 7. The zero-order chi connectivity index (χ0) is 29.5. The highest BCUT2D eigenvalue weighted by atomic mass is 16.5. The number of ether oxygens (including phenoxy) is 1. The van der Waals surface area contributed by atoms with Crippen LogP contribution in [0.1, 0.15) is 25.0 Å². The number of esters is 1. The highest BCUT2D eigenvalue weighted by Crippen LogP contribution is 2.52. The molecule has 0 N–H and O–H groups in total. The third-order valence-electron chi connectivity index (χ3n) is 9.87. The summed E-state index contributed by atoms with van der Waals surface area (Å²) in [5.41, 5.74) is 8.44. The number of aromatic nitrogens is 2. The minimum Gasteiger partial charge on any atom is -0.462 e. The number of aryl methyl sites for hydroxylation is 2. The van der Waals surface area contributed by atoms with Gasteiger partial charge in [-0.3, -0.25) is 0 Å². The van der Waals surface area contributed by atoms with E-state index in [0.717, 1.165) is 24.4 Å². The molecule has 5 nitrogen and oxygen atoms in total. The Morgan fingerprint density at radius 3 is 1.77 bits per heavy atom. The van der Waals surface area contributed by atoms with Crippen LogP contribution in [0.25, 0.3) is 43.6 Å². The Morgan fingerprint density at radius 1 is 0.744 bits per heavy atom. The molecule has 0 saturated carbocycles. The van der Waals surface area contributed by atoms with Crippen molar-refractivity contribution in [1.82, 2.24) is 14.0 Å². The summed E-state index contributed by atoms with van der Waals surface area (Å²) >= 11 is 0. The van der Waals surface area contributed by atoms with Crippen LogP contribution in [-0.2, 0) is 28.0 Å². The monoisotopic (exact) mass is 565 g/mol. The van der Waals surface area contributed by atoms with Crippen LogP contribution in [0.5, 0.6) is 0 Å². The molecule has 6 aromatic rings. The van der Waals surface area contributed by atoms with E-state index in [4.69, 9.17) is 4.74 Å².